The van der Waals surface area contributed by atoms with Crippen molar-refractivity contribution in [2.45, 2.75) is 12.5 Å². The van der Waals surface area contributed by atoms with Gasteiger partial charge in [-0.3, -0.25) is 4.79 Å². The van der Waals surface area contributed by atoms with Crippen molar-refractivity contribution < 1.29 is 9.53 Å². The SMILES string of the molecule is C=CCC(OC=O)c1ccc2ccccc2c1. The molecule has 0 heterocycles. The van der Waals surface area contributed by atoms with Crippen LogP contribution in [0.4, 0.5) is 0 Å². The first-order valence-corrected chi connectivity index (χ1v) is 5.54. The van der Waals surface area contributed by atoms with E-state index in [2.05, 4.69) is 12.6 Å². The minimum atomic E-state index is -0.241. The van der Waals surface area contributed by atoms with Gasteiger partial charge in [-0.25, -0.2) is 0 Å². The van der Waals surface area contributed by atoms with Crippen molar-refractivity contribution in [2.24, 2.45) is 0 Å². The van der Waals surface area contributed by atoms with Crippen molar-refractivity contribution in [1.29, 1.82) is 0 Å². The third-order valence-electron chi connectivity index (χ3n) is 2.75. The van der Waals surface area contributed by atoms with Crippen LogP contribution in [0.5, 0.6) is 0 Å². The highest BCUT2D eigenvalue weighted by molar-refractivity contribution is 5.83. The molecule has 86 valence electrons. The second kappa shape index (κ2) is 5.30. The van der Waals surface area contributed by atoms with Gasteiger partial charge in [0, 0.05) is 6.42 Å². The molecule has 0 saturated heterocycles. The van der Waals surface area contributed by atoms with Crippen molar-refractivity contribution in [1.82, 2.24) is 0 Å². The van der Waals surface area contributed by atoms with E-state index < -0.39 is 0 Å². The van der Waals surface area contributed by atoms with Gasteiger partial charge in [-0.1, -0.05) is 42.5 Å². The van der Waals surface area contributed by atoms with Gasteiger partial charge in [-0.2, -0.15) is 0 Å². The topological polar surface area (TPSA) is 26.3 Å². The Bertz CT molecular complexity index is 521. The summed E-state index contributed by atoms with van der Waals surface area (Å²) in [5.41, 5.74) is 0.996. The number of carbonyl (C=O) groups excluding carboxylic acids is 1. The molecule has 0 saturated carbocycles. The predicted molar refractivity (Wildman–Crippen MR) is 68.7 cm³/mol. The predicted octanol–water partition coefficient (Wildman–Crippen LogP) is 3.63. The Morgan fingerprint density at radius 2 is 1.94 bits per heavy atom. The molecule has 0 fully saturated rings. The molecule has 2 aromatic carbocycles. The second-order valence-electron chi connectivity index (χ2n) is 3.85. The van der Waals surface area contributed by atoms with E-state index in [0.29, 0.717) is 12.9 Å². The molecular weight excluding hydrogens is 212 g/mol. The monoisotopic (exact) mass is 226 g/mol. The Morgan fingerprint density at radius 3 is 2.65 bits per heavy atom. The van der Waals surface area contributed by atoms with Gasteiger partial charge in [0.1, 0.15) is 6.10 Å². The van der Waals surface area contributed by atoms with E-state index in [1.54, 1.807) is 6.08 Å². The highest BCUT2D eigenvalue weighted by Gasteiger charge is 2.10. The Kier molecular flexibility index (Phi) is 3.55. The molecule has 0 aliphatic carbocycles. The molecule has 0 aliphatic heterocycles. The summed E-state index contributed by atoms with van der Waals surface area (Å²) in [5.74, 6) is 0. The molecule has 2 aromatic rings. The highest BCUT2D eigenvalue weighted by Crippen LogP contribution is 2.24. The Balaban J connectivity index is 2.39. The third-order valence-corrected chi connectivity index (χ3v) is 2.75. The van der Waals surface area contributed by atoms with Gasteiger partial charge in [0.05, 0.1) is 0 Å². The van der Waals surface area contributed by atoms with E-state index in [-0.39, 0.29) is 6.10 Å². The smallest absolute Gasteiger partial charge is 0.293 e. The summed E-state index contributed by atoms with van der Waals surface area (Å²) in [7, 11) is 0. The van der Waals surface area contributed by atoms with Gasteiger partial charge >= 0.3 is 0 Å². The van der Waals surface area contributed by atoms with Crippen molar-refractivity contribution >= 4 is 17.2 Å². The van der Waals surface area contributed by atoms with Gasteiger partial charge < -0.3 is 4.74 Å². The maximum absolute atomic E-state index is 10.5. The summed E-state index contributed by atoms with van der Waals surface area (Å²) in [4.78, 5) is 10.5. The lowest BCUT2D eigenvalue weighted by Gasteiger charge is -2.14. The standard InChI is InChI=1S/C15H14O2/c1-2-5-15(17-11-16)14-9-8-12-6-3-4-7-13(12)10-14/h2-4,6-11,15H,1,5H2. The van der Waals surface area contributed by atoms with Gasteiger partial charge in [-0.05, 0) is 22.4 Å². The van der Waals surface area contributed by atoms with Crippen LogP contribution in [-0.2, 0) is 9.53 Å². The van der Waals surface area contributed by atoms with Crippen LogP contribution >= 0.6 is 0 Å². The Labute approximate surface area is 101 Å². The molecule has 0 amide bonds. The minimum Gasteiger partial charge on any atom is -0.459 e. The maximum Gasteiger partial charge on any atom is 0.293 e. The second-order valence-corrected chi connectivity index (χ2v) is 3.85. The van der Waals surface area contributed by atoms with Crippen LogP contribution in [0.25, 0.3) is 10.8 Å². The largest absolute Gasteiger partial charge is 0.459 e. The van der Waals surface area contributed by atoms with Crippen LogP contribution in [-0.4, -0.2) is 6.47 Å². The molecule has 1 atom stereocenters. The highest BCUT2D eigenvalue weighted by atomic mass is 16.5. The molecule has 0 aliphatic rings. The molecule has 0 spiro atoms. The van der Waals surface area contributed by atoms with Crippen molar-refractivity contribution in [3.63, 3.8) is 0 Å². The first kappa shape index (κ1) is 11.4. The summed E-state index contributed by atoms with van der Waals surface area (Å²) in [5, 5.41) is 2.33. The number of hydrogen-bond acceptors (Lipinski definition) is 2. The number of carbonyl (C=O) groups is 1. The fourth-order valence-corrected chi connectivity index (χ4v) is 1.90. The number of fused-ring (bicyclic) bond motifs is 1. The van der Waals surface area contributed by atoms with E-state index in [1.165, 1.54) is 5.39 Å². The lowest BCUT2D eigenvalue weighted by molar-refractivity contribution is -0.133. The zero-order valence-electron chi connectivity index (χ0n) is 9.50. The fraction of sp³-hybridized carbons (Fsp3) is 0.133. The summed E-state index contributed by atoms with van der Waals surface area (Å²) in [6.07, 6.45) is 2.13. The quantitative estimate of drug-likeness (QED) is 0.575. The summed E-state index contributed by atoms with van der Waals surface area (Å²) in [6.45, 7) is 4.16. The van der Waals surface area contributed by atoms with Gasteiger partial charge in [-0.15, -0.1) is 6.58 Å². The number of hydrogen-bond donors (Lipinski definition) is 0. The number of benzene rings is 2. The first-order valence-electron chi connectivity index (χ1n) is 5.54. The molecule has 0 aromatic heterocycles. The van der Waals surface area contributed by atoms with Gasteiger partial charge in [0.15, 0.2) is 0 Å². The van der Waals surface area contributed by atoms with Crippen LogP contribution in [0, 0.1) is 0 Å². The first-order chi connectivity index (χ1) is 8.35. The van der Waals surface area contributed by atoms with Crippen LogP contribution in [0.1, 0.15) is 18.1 Å². The lowest BCUT2D eigenvalue weighted by atomic mass is 10.0. The summed E-state index contributed by atoms with van der Waals surface area (Å²) >= 11 is 0. The van der Waals surface area contributed by atoms with Crippen LogP contribution < -0.4 is 0 Å². The molecule has 2 nitrogen and oxygen atoms in total. The van der Waals surface area contributed by atoms with Crippen molar-refractivity contribution in [2.75, 3.05) is 0 Å². The normalized spacial score (nSPS) is 12.0. The third kappa shape index (κ3) is 2.53. The Morgan fingerprint density at radius 1 is 1.18 bits per heavy atom. The van der Waals surface area contributed by atoms with Crippen molar-refractivity contribution in [3.8, 4) is 0 Å². The van der Waals surface area contributed by atoms with Crippen LogP contribution in [0.3, 0.4) is 0 Å². The van der Waals surface area contributed by atoms with E-state index in [0.717, 1.165) is 10.9 Å². The van der Waals surface area contributed by atoms with Gasteiger partial charge in [0.25, 0.3) is 6.47 Å². The van der Waals surface area contributed by atoms with E-state index in [1.807, 2.05) is 36.4 Å². The van der Waals surface area contributed by atoms with E-state index in [9.17, 15) is 4.79 Å². The number of ether oxygens (including phenoxy) is 1. The minimum absolute atomic E-state index is 0.241. The van der Waals surface area contributed by atoms with Crippen LogP contribution in [0.15, 0.2) is 55.1 Å². The van der Waals surface area contributed by atoms with E-state index >= 15 is 0 Å². The summed E-state index contributed by atoms with van der Waals surface area (Å²) in [6, 6.07) is 14.2. The summed E-state index contributed by atoms with van der Waals surface area (Å²) < 4.78 is 5.07. The zero-order valence-corrected chi connectivity index (χ0v) is 9.50. The Hall–Kier alpha value is -2.09. The molecule has 17 heavy (non-hydrogen) atoms. The molecule has 2 heteroatoms. The number of rotatable bonds is 5. The average Bonchev–Trinajstić information content (AvgIpc) is 2.38. The lowest BCUT2D eigenvalue weighted by Crippen LogP contribution is -2.01. The zero-order chi connectivity index (χ0) is 12.1. The molecule has 0 bridgehead atoms. The molecule has 2 rings (SSSR count). The average molecular weight is 226 g/mol. The van der Waals surface area contributed by atoms with Crippen molar-refractivity contribution in [3.05, 3.63) is 60.7 Å². The molecule has 0 radical (unpaired) electrons. The molecule has 0 N–H and O–H groups in total. The van der Waals surface area contributed by atoms with Crippen LogP contribution in [0.2, 0.25) is 0 Å². The van der Waals surface area contributed by atoms with E-state index in [4.69, 9.17) is 4.74 Å². The molecule has 1 unspecified atom stereocenters. The molecular formula is C15H14O2. The maximum atomic E-state index is 10.5. The van der Waals surface area contributed by atoms with Gasteiger partial charge in [0.2, 0.25) is 0 Å². The fourth-order valence-electron chi connectivity index (χ4n) is 1.90.